The second kappa shape index (κ2) is 8.63. The van der Waals surface area contributed by atoms with Gasteiger partial charge in [-0.2, -0.15) is 18.9 Å². The fraction of sp³-hybridized carbons (Fsp3) is 0.107. The molecular weight excluding hydrogens is 430 g/mol. The van der Waals surface area contributed by atoms with Crippen molar-refractivity contribution in [2.75, 3.05) is 0 Å². The smallest absolute Gasteiger partial charge is 0.224 e. The van der Waals surface area contributed by atoms with Gasteiger partial charge in [0, 0.05) is 6.20 Å². The van der Waals surface area contributed by atoms with Gasteiger partial charge < -0.3 is 0 Å². The molecule has 3 heterocycles. The number of pyridine rings is 2. The molecule has 0 radical (unpaired) electrons. The van der Waals surface area contributed by atoms with E-state index in [1.165, 1.54) is 6.07 Å². The third kappa shape index (κ3) is 4.10. The van der Waals surface area contributed by atoms with Gasteiger partial charge in [0.05, 0.1) is 33.7 Å². The first-order valence-corrected chi connectivity index (χ1v) is 10.9. The van der Waals surface area contributed by atoms with Crippen LogP contribution >= 0.6 is 0 Å². The molecule has 0 aliphatic heterocycles. The zero-order chi connectivity index (χ0) is 23.7. The van der Waals surface area contributed by atoms with Crippen molar-refractivity contribution in [3.63, 3.8) is 0 Å². The molecule has 0 spiro atoms. The molecule has 4 nitrogen and oxygen atoms in total. The molecule has 0 saturated carbocycles. The summed E-state index contributed by atoms with van der Waals surface area (Å²) in [6, 6.07) is 28.3. The van der Waals surface area contributed by atoms with Gasteiger partial charge in [0.2, 0.25) is 11.9 Å². The van der Waals surface area contributed by atoms with E-state index >= 15 is 0 Å². The number of aromatic nitrogens is 4. The minimum absolute atomic E-state index is 0.156. The van der Waals surface area contributed by atoms with E-state index in [-0.39, 0.29) is 5.56 Å². The van der Waals surface area contributed by atoms with E-state index in [4.69, 9.17) is 5.10 Å². The fourth-order valence-corrected chi connectivity index (χ4v) is 3.91. The maximum atomic E-state index is 14.2. The van der Waals surface area contributed by atoms with Crippen molar-refractivity contribution in [2.45, 2.75) is 19.3 Å². The fourth-order valence-electron chi connectivity index (χ4n) is 3.91. The molecule has 3 aromatic heterocycles. The molecule has 0 aliphatic carbocycles. The predicted molar refractivity (Wildman–Crippen MR) is 129 cm³/mol. The van der Waals surface area contributed by atoms with Crippen molar-refractivity contribution in [2.24, 2.45) is 0 Å². The summed E-state index contributed by atoms with van der Waals surface area (Å²) >= 11 is 0. The molecule has 34 heavy (non-hydrogen) atoms. The van der Waals surface area contributed by atoms with Gasteiger partial charge in [-0.25, -0.2) is 4.68 Å². The van der Waals surface area contributed by atoms with Crippen LogP contribution in [0.15, 0.2) is 97.2 Å². The number of benzene rings is 2. The van der Waals surface area contributed by atoms with Gasteiger partial charge in [-0.3, -0.25) is 4.98 Å². The number of halogens is 2. The topological polar surface area (TPSA) is 43.6 Å². The first-order valence-electron chi connectivity index (χ1n) is 10.9. The van der Waals surface area contributed by atoms with Crippen LogP contribution in [0.2, 0.25) is 0 Å². The number of hydrogen-bond donors (Lipinski definition) is 0. The quantitative estimate of drug-likeness (QED) is 0.282. The van der Waals surface area contributed by atoms with Crippen LogP contribution in [0.5, 0.6) is 0 Å². The summed E-state index contributed by atoms with van der Waals surface area (Å²) in [5.74, 6) is -1.74. The van der Waals surface area contributed by atoms with Crippen molar-refractivity contribution in [3.05, 3.63) is 120 Å². The number of hydrogen-bond acceptors (Lipinski definition) is 3. The maximum absolute atomic E-state index is 14.2. The summed E-state index contributed by atoms with van der Waals surface area (Å²) < 4.78 is 29.3. The summed E-state index contributed by atoms with van der Waals surface area (Å²) in [4.78, 5) is 7.93. The van der Waals surface area contributed by atoms with Gasteiger partial charge in [-0.1, -0.05) is 48.5 Å². The van der Waals surface area contributed by atoms with Crippen molar-refractivity contribution in [1.82, 2.24) is 19.7 Å². The predicted octanol–water partition coefficient (Wildman–Crippen LogP) is 6.60. The molecule has 0 bridgehead atoms. The Morgan fingerprint density at radius 3 is 2.15 bits per heavy atom. The average molecular weight is 453 g/mol. The van der Waals surface area contributed by atoms with E-state index in [2.05, 4.69) is 34.2 Å². The normalized spacial score (nSPS) is 11.5. The highest BCUT2D eigenvalue weighted by molar-refractivity contribution is 5.64. The Bertz CT molecular complexity index is 1440. The van der Waals surface area contributed by atoms with Crippen LogP contribution in [0.3, 0.4) is 0 Å². The van der Waals surface area contributed by atoms with Gasteiger partial charge in [0.25, 0.3) is 0 Å². The molecule has 0 fully saturated rings. The summed E-state index contributed by atoms with van der Waals surface area (Å²) in [6.45, 7) is 4.03. The monoisotopic (exact) mass is 452 g/mol. The van der Waals surface area contributed by atoms with Crippen LogP contribution in [0.25, 0.3) is 28.1 Å². The van der Waals surface area contributed by atoms with Crippen molar-refractivity contribution >= 4 is 0 Å². The highest BCUT2D eigenvalue weighted by atomic mass is 19.1. The van der Waals surface area contributed by atoms with Crippen LogP contribution in [0.4, 0.5) is 8.78 Å². The number of rotatable bonds is 5. The molecule has 0 unspecified atom stereocenters. The van der Waals surface area contributed by atoms with Crippen molar-refractivity contribution < 1.29 is 8.78 Å². The van der Waals surface area contributed by atoms with Crippen molar-refractivity contribution in [3.8, 4) is 28.1 Å². The van der Waals surface area contributed by atoms with E-state index in [1.54, 1.807) is 6.07 Å². The lowest BCUT2D eigenvalue weighted by molar-refractivity contribution is 0.514. The lowest BCUT2D eigenvalue weighted by Gasteiger charge is -2.22. The van der Waals surface area contributed by atoms with E-state index in [0.717, 1.165) is 34.3 Å². The second-order valence-corrected chi connectivity index (χ2v) is 8.56. The zero-order valence-corrected chi connectivity index (χ0v) is 18.8. The minimum atomic E-state index is -0.884. The van der Waals surface area contributed by atoms with E-state index < -0.39 is 17.3 Å². The van der Waals surface area contributed by atoms with Crippen LogP contribution in [0.1, 0.15) is 25.2 Å². The molecule has 0 saturated heterocycles. The van der Waals surface area contributed by atoms with Crippen molar-refractivity contribution in [1.29, 1.82) is 0 Å². The lowest BCUT2D eigenvalue weighted by Crippen LogP contribution is -2.22. The Balaban J connectivity index is 1.43. The van der Waals surface area contributed by atoms with E-state index in [0.29, 0.717) is 5.69 Å². The first-order chi connectivity index (χ1) is 16.4. The van der Waals surface area contributed by atoms with Gasteiger partial charge in [-0.15, -0.1) is 0 Å². The Hall–Kier alpha value is -4.19. The second-order valence-electron chi connectivity index (χ2n) is 8.56. The lowest BCUT2D eigenvalue weighted by atomic mass is 9.85. The van der Waals surface area contributed by atoms with E-state index in [9.17, 15) is 8.78 Å². The number of nitrogens with zero attached hydrogens (tertiary/aromatic N) is 4. The molecule has 2 aromatic carbocycles. The molecule has 0 atom stereocenters. The van der Waals surface area contributed by atoms with Gasteiger partial charge in [0.1, 0.15) is 0 Å². The van der Waals surface area contributed by atoms with Crippen LogP contribution in [-0.2, 0) is 5.41 Å². The molecule has 0 aliphatic rings. The summed E-state index contributed by atoms with van der Waals surface area (Å²) in [6.07, 6.45) is 1.92. The van der Waals surface area contributed by atoms with Crippen LogP contribution < -0.4 is 0 Å². The molecule has 5 rings (SSSR count). The van der Waals surface area contributed by atoms with Gasteiger partial charge in [-0.05, 0) is 67.4 Å². The SMILES string of the molecule is CC(C)(c1cccc(-c2ccc(F)nc2F)n1)c1ccn(-c2ccc(-c3ccccc3)cc2)n1. The highest BCUT2D eigenvalue weighted by Crippen LogP contribution is 2.31. The molecule has 168 valence electrons. The zero-order valence-electron chi connectivity index (χ0n) is 18.8. The summed E-state index contributed by atoms with van der Waals surface area (Å²) in [7, 11) is 0. The first kappa shape index (κ1) is 21.6. The molecule has 6 heteroatoms. The Kier molecular flexibility index (Phi) is 5.49. The highest BCUT2D eigenvalue weighted by Gasteiger charge is 2.28. The van der Waals surface area contributed by atoms with Crippen LogP contribution in [0, 0.1) is 11.9 Å². The van der Waals surface area contributed by atoms with Gasteiger partial charge in [0.15, 0.2) is 0 Å². The molecule has 5 aromatic rings. The largest absolute Gasteiger partial charge is 0.252 e. The third-order valence-electron chi connectivity index (χ3n) is 5.95. The minimum Gasteiger partial charge on any atom is -0.252 e. The third-order valence-corrected chi connectivity index (χ3v) is 5.95. The average Bonchev–Trinajstić information content (AvgIpc) is 3.36. The maximum Gasteiger partial charge on any atom is 0.224 e. The van der Waals surface area contributed by atoms with Crippen LogP contribution in [-0.4, -0.2) is 19.7 Å². The molecule has 0 N–H and O–H groups in total. The summed E-state index contributed by atoms with van der Waals surface area (Å²) in [5.41, 5.74) is 4.79. The van der Waals surface area contributed by atoms with Gasteiger partial charge >= 0.3 is 0 Å². The molecular formula is C28H22F2N4. The van der Waals surface area contributed by atoms with E-state index in [1.807, 2.05) is 73.3 Å². The Labute approximate surface area is 196 Å². The summed E-state index contributed by atoms with van der Waals surface area (Å²) in [5, 5.41) is 4.80. The molecule has 0 amide bonds. The standard InChI is InChI=1S/C28H22F2N4/c1-28(2,24-10-6-9-23(31-24)22-15-16-26(29)32-27(22)30)25-17-18-34(33-25)21-13-11-20(12-14-21)19-7-4-3-5-8-19/h3-18H,1-2H3. The Morgan fingerprint density at radius 2 is 1.41 bits per heavy atom. The Morgan fingerprint density at radius 1 is 0.676 bits per heavy atom.